The standard InChI is InChI=1S/C17H32N4O3/c1-11(2)15(20-16(23)24-17(4,5)6)12(3)18-9-14(22)13-8-19-21(7)10-13/h8,10-12,14-15,18,22H,9H2,1-7H3,(H,20,23). The minimum absolute atomic E-state index is 0.0242. The lowest BCUT2D eigenvalue weighted by Crippen LogP contribution is -2.52. The van der Waals surface area contributed by atoms with Crippen molar-refractivity contribution in [2.24, 2.45) is 13.0 Å². The van der Waals surface area contributed by atoms with E-state index in [0.29, 0.717) is 6.54 Å². The number of ether oxygens (including phenoxy) is 1. The highest BCUT2D eigenvalue weighted by Crippen LogP contribution is 2.13. The fourth-order valence-electron chi connectivity index (χ4n) is 2.47. The number of hydrogen-bond acceptors (Lipinski definition) is 5. The molecule has 3 atom stereocenters. The smallest absolute Gasteiger partial charge is 0.407 e. The van der Waals surface area contributed by atoms with E-state index in [2.05, 4.69) is 15.7 Å². The van der Waals surface area contributed by atoms with Crippen LogP contribution in [0.15, 0.2) is 12.4 Å². The second-order valence-electron chi connectivity index (χ2n) is 7.58. The lowest BCUT2D eigenvalue weighted by atomic mass is 9.97. The van der Waals surface area contributed by atoms with Crippen LogP contribution in [0.3, 0.4) is 0 Å². The highest BCUT2D eigenvalue weighted by molar-refractivity contribution is 5.68. The number of hydrogen-bond donors (Lipinski definition) is 3. The summed E-state index contributed by atoms with van der Waals surface area (Å²) in [6.07, 6.45) is 2.37. The molecule has 1 amide bonds. The normalized spacial score (nSPS) is 15.9. The van der Waals surface area contributed by atoms with Gasteiger partial charge in [0.05, 0.1) is 12.3 Å². The molecule has 7 nitrogen and oxygen atoms in total. The summed E-state index contributed by atoms with van der Waals surface area (Å²) >= 11 is 0. The fourth-order valence-corrected chi connectivity index (χ4v) is 2.47. The van der Waals surface area contributed by atoms with Gasteiger partial charge >= 0.3 is 6.09 Å². The molecule has 7 heteroatoms. The van der Waals surface area contributed by atoms with Gasteiger partial charge in [-0.2, -0.15) is 5.10 Å². The quantitative estimate of drug-likeness (QED) is 0.706. The second-order valence-corrected chi connectivity index (χ2v) is 7.58. The number of aromatic nitrogens is 2. The van der Waals surface area contributed by atoms with E-state index in [1.807, 2.05) is 48.6 Å². The summed E-state index contributed by atoms with van der Waals surface area (Å²) in [7, 11) is 1.81. The third kappa shape index (κ3) is 6.88. The topological polar surface area (TPSA) is 88.4 Å². The molecule has 0 bridgehead atoms. The van der Waals surface area contributed by atoms with Gasteiger partial charge in [-0.3, -0.25) is 4.68 Å². The molecular formula is C17H32N4O3. The lowest BCUT2D eigenvalue weighted by molar-refractivity contribution is 0.0475. The molecule has 3 unspecified atom stereocenters. The third-order valence-electron chi connectivity index (χ3n) is 3.68. The predicted octanol–water partition coefficient (Wildman–Crippen LogP) is 1.98. The lowest BCUT2D eigenvalue weighted by Gasteiger charge is -2.31. The van der Waals surface area contributed by atoms with E-state index < -0.39 is 17.8 Å². The zero-order chi connectivity index (χ0) is 18.5. The first-order valence-corrected chi connectivity index (χ1v) is 8.39. The van der Waals surface area contributed by atoms with Crippen LogP contribution in [0.5, 0.6) is 0 Å². The number of aryl methyl sites for hydroxylation is 1. The van der Waals surface area contributed by atoms with Crippen molar-refractivity contribution in [3.8, 4) is 0 Å². The highest BCUT2D eigenvalue weighted by atomic mass is 16.6. The number of amides is 1. The Hall–Kier alpha value is -1.60. The van der Waals surface area contributed by atoms with Gasteiger partial charge in [0.15, 0.2) is 0 Å². The summed E-state index contributed by atoms with van der Waals surface area (Å²) in [5.41, 5.74) is 0.233. The molecular weight excluding hydrogens is 308 g/mol. The zero-order valence-corrected chi connectivity index (χ0v) is 15.8. The van der Waals surface area contributed by atoms with E-state index in [1.165, 1.54) is 0 Å². The van der Waals surface area contributed by atoms with Gasteiger partial charge in [-0.1, -0.05) is 13.8 Å². The van der Waals surface area contributed by atoms with Crippen LogP contribution in [0.2, 0.25) is 0 Å². The summed E-state index contributed by atoms with van der Waals surface area (Å²) in [5, 5.41) is 20.5. The number of aliphatic hydroxyl groups excluding tert-OH is 1. The van der Waals surface area contributed by atoms with Crippen LogP contribution < -0.4 is 10.6 Å². The number of carbonyl (C=O) groups excluding carboxylic acids is 1. The number of aliphatic hydroxyl groups is 1. The molecule has 0 aromatic carbocycles. The molecule has 138 valence electrons. The molecule has 0 fully saturated rings. The average molecular weight is 340 g/mol. The maximum absolute atomic E-state index is 12.0. The molecule has 0 aliphatic carbocycles. The van der Waals surface area contributed by atoms with E-state index in [-0.39, 0.29) is 18.0 Å². The van der Waals surface area contributed by atoms with Crippen LogP contribution in [0.25, 0.3) is 0 Å². The molecule has 1 aromatic rings. The molecule has 1 rings (SSSR count). The molecule has 0 radical (unpaired) electrons. The van der Waals surface area contributed by atoms with E-state index >= 15 is 0 Å². The van der Waals surface area contributed by atoms with E-state index in [4.69, 9.17) is 4.74 Å². The third-order valence-corrected chi connectivity index (χ3v) is 3.68. The van der Waals surface area contributed by atoms with Crippen molar-refractivity contribution in [2.45, 2.75) is 65.3 Å². The second kappa shape index (κ2) is 8.48. The molecule has 1 heterocycles. The Morgan fingerprint density at radius 2 is 2.00 bits per heavy atom. The molecule has 24 heavy (non-hydrogen) atoms. The molecule has 0 saturated heterocycles. The first-order valence-electron chi connectivity index (χ1n) is 8.39. The molecule has 0 aliphatic heterocycles. The van der Waals surface area contributed by atoms with Gasteiger partial charge in [0, 0.05) is 37.4 Å². The van der Waals surface area contributed by atoms with Crippen molar-refractivity contribution >= 4 is 6.09 Å². The van der Waals surface area contributed by atoms with Crippen molar-refractivity contribution in [1.82, 2.24) is 20.4 Å². The van der Waals surface area contributed by atoms with Gasteiger partial charge in [0.2, 0.25) is 0 Å². The SMILES string of the molecule is CC(C)C(NC(=O)OC(C)(C)C)C(C)NCC(O)c1cnn(C)c1. The fraction of sp³-hybridized carbons (Fsp3) is 0.765. The molecule has 0 saturated carbocycles. The Labute approximate surface area is 144 Å². The monoisotopic (exact) mass is 340 g/mol. The van der Waals surface area contributed by atoms with Crippen LogP contribution in [0.4, 0.5) is 4.79 Å². The van der Waals surface area contributed by atoms with Crippen molar-refractivity contribution < 1.29 is 14.6 Å². The van der Waals surface area contributed by atoms with E-state index in [0.717, 1.165) is 5.56 Å². The minimum atomic E-state index is -0.643. The summed E-state index contributed by atoms with van der Waals surface area (Å²) in [4.78, 5) is 12.0. The van der Waals surface area contributed by atoms with Gasteiger partial charge in [-0.25, -0.2) is 4.79 Å². The van der Waals surface area contributed by atoms with Crippen LogP contribution in [0.1, 0.15) is 53.2 Å². The first kappa shape index (κ1) is 20.4. The van der Waals surface area contributed by atoms with Crippen LogP contribution in [-0.4, -0.2) is 45.2 Å². The van der Waals surface area contributed by atoms with Gasteiger partial charge in [0.25, 0.3) is 0 Å². The summed E-state index contributed by atoms with van der Waals surface area (Å²) < 4.78 is 6.98. The van der Waals surface area contributed by atoms with Crippen LogP contribution >= 0.6 is 0 Å². The Balaban J connectivity index is 2.57. The van der Waals surface area contributed by atoms with Crippen LogP contribution in [0, 0.1) is 5.92 Å². The minimum Gasteiger partial charge on any atom is -0.444 e. The van der Waals surface area contributed by atoms with Gasteiger partial charge in [-0.15, -0.1) is 0 Å². The average Bonchev–Trinajstić information content (AvgIpc) is 2.86. The summed E-state index contributed by atoms with van der Waals surface area (Å²) in [6, 6.07) is -0.134. The largest absolute Gasteiger partial charge is 0.444 e. The van der Waals surface area contributed by atoms with Gasteiger partial charge in [0.1, 0.15) is 5.60 Å². The Morgan fingerprint density at radius 3 is 2.46 bits per heavy atom. The molecule has 1 aromatic heterocycles. The van der Waals surface area contributed by atoms with Crippen molar-refractivity contribution in [3.63, 3.8) is 0 Å². The number of nitrogens with zero attached hydrogens (tertiary/aromatic N) is 2. The van der Waals surface area contributed by atoms with Crippen molar-refractivity contribution in [1.29, 1.82) is 0 Å². The number of rotatable bonds is 7. The molecule has 3 N–H and O–H groups in total. The molecule has 0 aliphatic rings. The zero-order valence-electron chi connectivity index (χ0n) is 15.8. The Morgan fingerprint density at radius 1 is 1.38 bits per heavy atom. The van der Waals surface area contributed by atoms with E-state index in [1.54, 1.807) is 17.1 Å². The van der Waals surface area contributed by atoms with Crippen molar-refractivity contribution in [3.05, 3.63) is 18.0 Å². The summed E-state index contributed by atoms with van der Waals surface area (Å²) in [6.45, 7) is 12.0. The van der Waals surface area contributed by atoms with Crippen molar-refractivity contribution in [2.75, 3.05) is 6.54 Å². The van der Waals surface area contributed by atoms with E-state index in [9.17, 15) is 9.90 Å². The van der Waals surface area contributed by atoms with Gasteiger partial charge in [-0.05, 0) is 33.6 Å². The first-order chi connectivity index (χ1) is 11.0. The number of nitrogens with one attached hydrogen (secondary N) is 2. The number of alkyl carbamates (subject to hydrolysis) is 1. The summed E-state index contributed by atoms with van der Waals surface area (Å²) in [5.74, 6) is 0.218. The maximum Gasteiger partial charge on any atom is 0.407 e. The van der Waals surface area contributed by atoms with Crippen LogP contribution in [-0.2, 0) is 11.8 Å². The van der Waals surface area contributed by atoms with Gasteiger partial charge < -0.3 is 20.5 Å². The number of carbonyl (C=O) groups is 1. The highest BCUT2D eigenvalue weighted by Gasteiger charge is 2.26. The maximum atomic E-state index is 12.0. The Kier molecular flexibility index (Phi) is 7.23. The Bertz CT molecular complexity index is 522. The molecule has 0 spiro atoms. The predicted molar refractivity (Wildman–Crippen MR) is 93.6 cm³/mol.